The topological polar surface area (TPSA) is 175 Å². The number of hydrogen-bond acceptors (Lipinski definition) is 10. The molecule has 0 radical (unpaired) electrons. The number of rotatable bonds is 20. The molecule has 1 heterocycles. The van der Waals surface area contributed by atoms with Crippen molar-refractivity contribution in [1.82, 2.24) is 20.0 Å². The minimum Gasteiger partial charge on any atom is -0.379 e. The van der Waals surface area contributed by atoms with Crippen molar-refractivity contribution in [1.29, 1.82) is 0 Å². The van der Waals surface area contributed by atoms with Gasteiger partial charge in [0.05, 0.1) is 54.6 Å². The molecule has 2 rings (SSSR count). The Labute approximate surface area is 347 Å². The molecule has 1 aromatic rings. The number of likely N-dealkylation sites (N-methyl/N-ethyl adjacent to an activating group) is 2. The first-order valence-corrected chi connectivity index (χ1v) is 21.7. The number of ether oxygens (including phenoxy) is 2. The highest BCUT2D eigenvalue weighted by Gasteiger charge is 2.45. The summed E-state index contributed by atoms with van der Waals surface area (Å²) in [7, 11) is 3.79. The molecule has 0 bridgehead atoms. The van der Waals surface area contributed by atoms with Gasteiger partial charge in [0, 0.05) is 33.5 Å². The minimum atomic E-state index is -5.15. The third-order valence-corrected chi connectivity index (χ3v) is 12.1. The first-order valence-electron chi connectivity index (χ1n) is 19.9. The molecule has 1 aromatic carbocycles. The lowest BCUT2D eigenvalue weighted by Gasteiger charge is -2.41. The van der Waals surface area contributed by atoms with Crippen molar-refractivity contribution in [2.24, 2.45) is 23.7 Å². The van der Waals surface area contributed by atoms with E-state index < -0.39 is 70.3 Å². The average Bonchev–Trinajstić information content (AvgIpc) is 3.62. The van der Waals surface area contributed by atoms with Gasteiger partial charge in [0.1, 0.15) is 6.04 Å². The summed E-state index contributed by atoms with van der Waals surface area (Å²) < 4.78 is 76.6. The normalized spacial score (nSPS) is 18.5. The molecule has 19 heteroatoms. The second kappa shape index (κ2) is 21.6. The number of benzene rings is 1. The van der Waals surface area contributed by atoms with Crippen LogP contribution in [0.4, 0.5) is 24.5 Å². The third kappa shape index (κ3) is 13.1. The summed E-state index contributed by atoms with van der Waals surface area (Å²) in [5, 5.41) is 4.65. The van der Waals surface area contributed by atoms with E-state index in [1.54, 1.807) is 22.2 Å². The molecule has 8 atom stereocenters. The molecule has 1 aliphatic rings. The molecule has 336 valence electrons. The van der Waals surface area contributed by atoms with Crippen LogP contribution in [0.15, 0.2) is 24.3 Å². The van der Waals surface area contributed by atoms with Crippen LogP contribution in [0.2, 0.25) is 0 Å². The first kappa shape index (κ1) is 51.3. The molecule has 5 amide bonds. The molecular weight excluding hydrogens is 798 g/mol. The molecule has 1 saturated heterocycles. The Kier molecular flexibility index (Phi) is 18.8. The lowest BCUT2D eigenvalue weighted by molar-refractivity contribution is -0.167. The number of nitrogens with one attached hydrogen (secondary N) is 2. The largest absolute Gasteiger partial charge is 0.471 e. The fourth-order valence-electron chi connectivity index (χ4n) is 7.95. The number of sulfonamides is 1. The Balaban J connectivity index is 2.38. The molecule has 0 aromatic heterocycles. The number of alkyl halides is 3. The van der Waals surface area contributed by atoms with Crippen molar-refractivity contribution in [3.63, 3.8) is 0 Å². The van der Waals surface area contributed by atoms with Gasteiger partial charge >= 0.3 is 12.1 Å². The van der Waals surface area contributed by atoms with Gasteiger partial charge < -0.3 is 29.9 Å². The van der Waals surface area contributed by atoms with Crippen LogP contribution in [-0.4, -0.2) is 143 Å². The molecular formula is C40H65F3N6O9S. The van der Waals surface area contributed by atoms with Crippen LogP contribution in [0.25, 0.3) is 0 Å². The number of nitrogens with zero attached hydrogens (tertiary/aromatic N) is 4. The van der Waals surface area contributed by atoms with Crippen LogP contribution in [-0.2, 0) is 43.5 Å². The Morgan fingerprint density at radius 3 is 1.93 bits per heavy atom. The zero-order valence-corrected chi connectivity index (χ0v) is 37.4. The number of methoxy groups -OCH3 is 2. The Hall–Kier alpha value is -3.81. The van der Waals surface area contributed by atoms with E-state index in [0.717, 1.165) is 30.5 Å². The van der Waals surface area contributed by atoms with E-state index in [0.29, 0.717) is 30.1 Å². The van der Waals surface area contributed by atoms with Crippen molar-refractivity contribution >= 4 is 50.9 Å². The highest BCUT2D eigenvalue weighted by Crippen LogP contribution is 2.32. The van der Waals surface area contributed by atoms with Crippen LogP contribution >= 0.6 is 0 Å². The molecule has 0 spiro atoms. The number of halogens is 3. The van der Waals surface area contributed by atoms with Gasteiger partial charge in [-0.3, -0.25) is 28.9 Å². The highest BCUT2D eigenvalue weighted by molar-refractivity contribution is 7.92. The number of carbonyl (C=O) groups is 5. The van der Waals surface area contributed by atoms with Crippen LogP contribution in [0, 0.1) is 23.7 Å². The summed E-state index contributed by atoms with van der Waals surface area (Å²) in [4.78, 5) is 72.3. The number of hydrogen-bond donors (Lipinski definition) is 2. The van der Waals surface area contributed by atoms with Gasteiger partial charge in [-0.2, -0.15) is 13.2 Å². The summed E-state index contributed by atoms with van der Waals surface area (Å²) in [5.74, 6) is -5.59. The summed E-state index contributed by atoms with van der Waals surface area (Å²) in [6.45, 7) is 13.3. The average molecular weight is 863 g/mol. The van der Waals surface area contributed by atoms with Crippen molar-refractivity contribution in [2.75, 3.05) is 57.8 Å². The van der Waals surface area contributed by atoms with Gasteiger partial charge in [0.2, 0.25) is 33.7 Å². The number of carbonyl (C=O) groups excluding carboxylic acids is 5. The minimum absolute atomic E-state index is 0.0133. The third-order valence-electron chi connectivity index (χ3n) is 11.1. The van der Waals surface area contributed by atoms with E-state index in [9.17, 15) is 45.6 Å². The van der Waals surface area contributed by atoms with E-state index in [2.05, 4.69) is 5.32 Å². The van der Waals surface area contributed by atoms with E-state index in [1.807, 2.05) is 60.5 Å². The maximum Gasteiger partial charge on any atom is 0.471 e. The predicted molar refractivity (Wildman–Crippen MR) is 219 cm³/mol. The fraction of sp³-hybridized carbons (Fsp3) is 0.725. The standard InChI is InChI=1S/C40H65F3N6O9S/c1-14-25(6)34(47(10)38(53)32(23(2)3)45-36(51)33(24(4)5)46(8)9)30(57-11)22-31(50)48-21-15-16-29(48)35(58-12)26(7)37(52)49(59(13,55)56)28-19-17-27(18-20-28)44-39(54)40(41,42)43/h17-20,23-26,29-30,32-35H,14-16,21-22H2,1-13H3,(H,44,54)(H,45,51)/t25?,26?,29-,30?,32?,33?,34?,35?/m0/s1. The van der Waals surface area contributed by atoms with Gasteiger partial charge in [-0.15, -0.1) is 0 Å². The van der Waals surface area contributed by atoms with Gasteiger partial charge in [-0.1, -0.05) is 54.9 Å². The van der Waals surface area contributed by atoms with E-state index >= 15 is 0 Å². The fourth-order valence-corrected chi connectivity index (χ4v) is 8.95. The van der Waals surface area contributed by atoms with Gasteiger partial charge in [0.15, 0.2) is 0 Å². The Bertz CT molecular complexity index is 1700. The van der Waals surface area contributed by atoms with Crippen molar-refractivity contribution in [3.05, 3.63) is 24.3 Å². The summed E-state index contributed by atoms with van der Waals surface area (Å²) in [6.07, 6.45) is -4.61. The summed E-state index contributed by atoms with van der Waals surface area (Å²) in [5.41, 5.74) is -0.454. The molecule has 1 fully saturated rings. The van der Waals surface area contributed by atoms with Crippen LogP contribution < -0.4 is 14.9 Å². The molecule has 0 saturated carbocycles. The monoisotopic (exact) mass is 862 g/mol. The highest BCUT2D eigenvalue weighted by atomic mass is 32.2. The van der Waals surface area contributed by atoms with Gasteiger partial charge in [-0.05, 0) is 69.0 Å². The zero-order valence-electron chi connectivity index (χ0n) is 36.6. The van der Waals surface area contributed by atoms with E-state index in [1.165, 1.54) is 21.1 Å². The van der Waals surface area contributed by atoms with E-state index in [4.69, 9.17) is 9.47 Å². The van der Waals surface area contributed by atoms with Gasteiger partial charge in [-0.25, -0.2) is 12.7 Å². The van der Waals surface area contributed by atoms with Crippen LogP contribution in [0.1, 0.15) is 74.1 Å². The summed E-state index contributed by atoms with van der Waals surface area (Å²) in [6, 6.07) is 1.72. The lowest BCUT2D eigenvalue weighted by Crippen LogP contribution is -2.59. The molecule has 7 unspecified atom stereocenters. The second-order valence-electron chi connectivity index (χ2n) is 16.3. The van der Waals surface area contributed by atoms with E-state index in [-0.39, 0.29) is 53.3 Å². The van der Waals surface area contributed by atoms with Crippen molar-refractivity contribution < 1.29 is 55.0 Å². The Morgan fingerprint density at radius 1 is 0.915 bits per heavy atom. The number of amides is 5. The van der Waals surface area contributed by atoms with Crippen LogP contribution in [0.3, 0.4) is 0 Å². The molecule has 0 aliphatic carbocycles. The predicted octanol–water partition coefficient (Wildman–Crippen LogP) is 4.13. The molecule has 59 heavy (non-hydrogen) atoms. The first-order chi connectivity index (χ1) is 27.2. The zero-order chi connectivity index (χ0) is 45.3. The quantitative estimate of drug-likeness (QED) is 0.194. The van der Waals surface area contributed by atoms with Crippen molar-refractivity contribution in [2.45, 2.75) is 117 Å². The Morgan fingerprint density at radius 2 is 1.49 bits per heavy atom. The molecule has 1 aliphatic heterocycles. The molecule has 2 N–H and O–H groups in total. The maximum atomic E-state index is 14.3. The summed E-state index contributed by atoms with van der Waals surface area (Å²) >= 11 is 0. The van der Waals surface area contributed by atoms with Crippen molar-refractivity contribution in [3.8, 4) is 0 Å². The number of anilines is 2. The van der Waals surface area contributed by atoms with Gasteiger partial charge in [0.25, 0.3) is 0 Å². The lowest BCUT2D eigenvalue weighted by atomic mass is 9.89. The smallest absolute Gasteiger partial charge is 0.379 e. The SMILES string of the molecule is CCC(C)C(C(CC(=O)N1CCC[C@H]1C(OC)C(C)C(=O)N(c1ccc(NC(=O)C(F)(F)F)cc1)S(C)(=O)=O)OC)N(C)C(=O)C(NC(=O)C(C(C)C)N(C)C)C(C)C. The number of likely N-dealkylation sites (tertiary alicyclic amines) is 1. The molecule has 15 nitrogen and oxygen atoms in total. The second-order valence-corrected chi connectivity index (χ2v) is 18.2. The maximum absolute atomic E-state index is 14.3. The van der Waals surface area contributed by atoms with Crippen LogP contribution in [0.5, 0.6) is 0 Å².